The summed E-state index contributed by atoms with van der Waals surface area (Å²) in [4.78, 5) is 14.2. The van der Waals surface area contributed by atoms with Crippen LogP contribution in [0.15, 0.2) is 24.3 Å². The van der Waals surface area contributed by atoms with Crippen molar-refractivity contribution in [1.29, 1.82) is 0 Å². The van der Waals surface area contributed by atoms with Crippen molar-refractivity contribution < 1.29 is 22.7 Å². The van der Waals surface area contributed by atoms with Gasteiger partial charge in [-0.15, -0.1) is 13.2 Å². The topological polar surface area (TPSA) is 41.6 Å². The van der Waals surface area contributed by atoms with Gasteiger partial charge in [0.15, 0.2) is 0 Å². The maximum Gasteiger partial charge on any atom is 0.573 e. The van der Waals surface area contributed by atoms with Crippen molar-refractivity contribution >= 4 is 5.91 Å². The standard InChI is InChI=1S/C18H25F3N2O2/c1-23-13-5-4-7-15(23)9-10-17(24)22-12-11-14-6-2-3-8-16(14)25-18(19,20)21/h2-3,6,8,15H,4-5,7,9-13H2,1H3,(H,22,24). The number of hydrogen-bond acceptors (Lipinski definition) is 3. The number of nitrogens with zero attached hydrogens (tertiary/aromatic N) is 1. The summed E-state index contributed by atoms with van der Waals surface area (Å²) >= 11 is 0. The quantitative estimate of drug-likeness (QED) is 0.811. The summed E-state index contributed by atoms with van der Waals surface area (Å²) in [6.45, 7) is 1.36. The zero-order valence-corrected chi connectivity index (χ0v) is 14.4. The molecule has 1 aliphatic rings. The summed E-state index contributed by atoms with van der Waals surface area (Å²) in [5.74, 6) is -0.277. The van der Waals surface area contributed by atoms with Gasteiger partial charge in [0.1, 0.15) is 5.75 Å². The zero-order valence-electron chi connectivity index (χ0n) is 14.4. The molecule has 1 N–H and O–H groups in total. The Kier molecular flexibility index (Phi) is 7.11. The van der Waals surface area contributed by atoms with E-state index in [0.717, 1.165) is 19.4 Å². The van der Waals surface area contributed by atoms with Crippen molar-refractivity contribution in [2.75, 3.05) is 20.1 Å². The van der Waals surface area contributed by atoms with Crippen LogP contribution in [-0.4, -0.2) is 43.3 Å². The molecule has 2 rings (SSSR count). The molecule has 1 unspecified atom stereocenters. The fraction of sp³-hybridized carbons (Fsp3) is 0.611. The predicted molar refractivity (Wildman–Crippen MR) is 89.3 cm³/mol. The fourth-order valence-corrected chi connectivity index (χ4v) is 3.17. The predicted octanol–water partition coefficient (Wildman–Crippen LogP) is 3.51. The Bertz CT molecular complexity index is 563. The molecule has 7 heteroatoms. The molecule has 1 fully saturated rings. The monoisotopic (exact) mass is 358 g/mol. The van der Waals surface area contributed by atoms with Crippen molar-refractivity contribution in [2.24, 2.45) is 0 Å². The van der Waals surface area contributed by atoms with Gasteiger partial charge in [0.05, 0.1) is 0 Å². The van der Waals surface area contributed by atoms with Crippen LogP contribution in [0.2, 0.25) is 0 Å². The molecule has 1 aliphatic heterocycles. The molecule has 0 saturated carbocycles. The van der Waals surface area contributed by atoms with Crippen LogP contribution in [0.3, 0.4) is 0 Å². The molecular weight excluding hydrogens is 333 g/mol. The van der Waals surface area contributed by atoms with E-state index in [1.807, 2.05) is 0 Å². The smallest absolute Gasteiger partial charge is 0.406 e. The summed E-state index contributed by atoms with van der Waals surface area (Å²) in [5, 5.41) is 2.78. The van der Waals surface area contributed by atoms with Crippen LogP contribution in [0.5, 0.6) is 5.75 Å². The van der Waals surface area contributed by atoms with Gasteiger partial charge in [0.2, 0.25) is 5.91 Å². The number of hydrogen-bond donors (Lipinski definition) is 1. The Hall–Kier alpha value is -1.76. The molecule has 0 spiro atoms. The highest BCUT2D eigenvalue weighted by Crippen LogP contribution is 2.26. The number of nitrogens with one attached hydrogen (secondary N) is 1. The first-order valence-corrected chi connectivity index (χ1v) is 8.66. The number of ether oxygens (including phenoxy) is 1. The number of amides is 1. The van der Waals surface area contributed by atoms with E-state index in [9.17, 15) is 18.0 Å². The van der Waals surface area contributed by atoms with Gasteiger partial charge in [-0.05, 0) is 50.9 Å². The first-order valence-electron chi connectivity index (χ1n) is 8.66. The largest absolute Gasteiger partial charge is 0.573 e. The third kappa shape index (κ3) is 6.94. The first kappa shape index (κ1) is 19.6. The number of carbonyl (C=O) groups is 1. The van der Waals surface area contributed by atoms with E-state index in [1.165, 1.54) is 25.0 Å². The molecule has 1 atom stereocenters. The third-order valence-corrected chi connectivity index (χ3v) is 4.54. The number of carbonyl (C=O) groups excluding carboxylic acids is 1. The van der Waals surface area contributed by atoms with Gasteiger partial charge in [-0.25, -0.2) is 0 Å². The average Bonchev–Trinajstić information content (AvgIpc) is 2.54. The highest BCUT2D eigenvalue weighted by molar-refractivity contribution is 5.75. The van der Waals surface area contributed by atoms with E-state index in [1.54, 1.807) is 12.1 Å². The second-order valence-corrected chi connectivity index (χ2v) is 6.42. The third-order valence-electron chi connectivity index (χ3n) is 4.54. The number of para-hydroxylation sites is 1. The van der Waals surface area contributed by atoms with Crippen molar-refractivity contribution in [3.8, 4) is 5.75 Å². The molecule has 0 aromatic heterocycles. The van der Waals surface area contributed by atoms with E-state index >= 15 is 0 Å². The minimum Gasteiger partial charge on any atom is -0.406 e. The van der Waals surface area contributed by atoms with Gasteiger partial charge in [0, 0.05) is 19.0 Å². The Morgan fingerprint density at radius 1 is 1.32 bits per heavy atom. The molecule has 1 aromatic rings. The van der Waals surface area contributed by atoms with Crippen LogP contribution in [0, 0.1) is 0 Å². The van der Waals surface area contributed by atoms with E-state index in [-0.39, 0.29) is 18.2 Å². The summed E-state index contributed by atoms with van der Waals surface area (Å²) in [6.07, 6.45) is 0.357. The molecule has 25 heavy (non-hydrogen) atoms. The normalized spacial score (nSPS) is 18.8. The molecule has 1 amide bonds. The Morgan fingerprint density at radius 2 is 2.08 bits per heavy atom. The van der Waals surface area contributed by atoms with Gasteiger partial charge in [-0.3, -0.25) is 4.79 Å². The highest BCUT2D eigenvalue weighted by atomic mass is 19.4. The average molecular weight is 358 g/mol. The van der Waals surface area contributed by atoms with Crippen molar-refractivity contribution in [2.45, 2.75) is 50.9 Å². The fourth-order valence-electron chi connectivity index (χ4n) is 3.17. The number of benzene rings is 1. The van der Waals surface area contributed by atoms with Crippen molar-refractivity contribution in [3.05, 3.63) is 29.8 Å². The van der Waals surface area contributed by atoms with Crippen molar-refractivity contribution in [1.82, 2.24) is 10.2 Å². The zero-order chi connectivity index (χ0) is 18.3. The maximum absolute atomic E-state index is 12.4. The Balaban J connectivity index is 1.74. The molecule has 1 saturated heterocycles. The Labute approximate surface area is 146 Å². The highest BCUT2D eigenvalue weighted by Gasteiger charge is 2.31. The van der Waals surface area contributed by atoms with Gasteiger partial charge < -0.3 is 15.0 Å². The van der Waals surface area contributed by atoms with Gasteiger partial charge in [-0.2, -0.15) is 0 Å². The molecule has 0 radical (unpaired) electrons. The minimum atomic E-state index is -4.72. The lowest BCUT2D eigenvalue weighted by Gasteiger charge is -2.32. The van der Waals surface area contributed by atoms with E-state index < -0.39 is 6.36 Å². The van der Waals surface area contributed by atoms with Gasteiger partial charge in [0.25, 0.3) is 0 Å². The van der Waals surface area contributed by atoms with Crippen LogP contribution in [0.1, 0.15) is 37.7 Å². The number of alkyl halides is 3. The second-order valence-electron chi connectivity index (χ2n) is 6.42. The molecule has 0 bridgehead atoms. The lowest BCUT2D eigenvalue weighted by molar-refractivity contribution is -0.274. The van der Waals surface area contributed by atoms with Crippen LogP contribution in [0.25, 0.3) is 0 Å². The summed E-state index contributed by atoms with van der Waals surface area (Å²) in [5.41, 5.74) is 0.423. The lowest BCUT2D eigenvalue weighted by atomic mass is 9.98. The van der Waals surface area contributed by atoms with E-state index in [4.69, 9.17) is 0 Å². The number of rotatable bonds is 7. The van der Waals surface area contributed by atoms with E-state index in [0.29, 0.717) is 24.4 Å². The lowest BCUT2D eigenvalue weighted by Crippen LogP contribution is -2.37. The van der Waals surface area contributed by atoms with Crippen LogP contribution < -0.4 is 10.1 Å². The number of halogens is 3. The number of piperidine rings is 1. The SMILES string of the molecule is CN1CCCCC1CCC(=O)NCCc1ccccc1OC(F)(F)F. The Morgan fingerprint density at radius 3 is 2.80 bits per heavy atom. The minimum absolute atomic E-state index is 0.0619. The van der Waals surface area contributed by atoms with Crippen LogP contribution in [-0.2, 0) is 11.2 Å². The molecule has 1 aromatic carbocycles. The summed E-state index contributed by atoms with van der Waals surface area (Å²) in [7, 11) is 2.08. The first-order chi connectivity index (χ1) is 11.8. The van der Waals surface area contributed by atoms with E-state index in [2.05, 4.69) is 22.0 Å². The van der Waals surface area contributed by atoms with Crippen molar-refractivity contribution in [3.63, 3.8) is 0 Å². The van der Waals surface area contributed by atoms with Gasteiger partial charge >= 0.3 is 6.36 Å². The molecule has 0 aliphatic carbocycles. The maximum atomic E-state index is 12.4. The molecule has 4 nitrogen and oxygen atoms in total. The van der Waals surface area contributed by atoms with Crippen LogP contribution >= 0.6 is 0 Å². The number of likely N-dealkylation sites (tertiary alicyclic amines) is 1. The summed E-state index contributed by atoms with van der Waals surface area (Å²) in [6, 6.07) is 6.44. The summed E-state index contributed by atoms with van der Waals surface area (Å²) < 4.78 is 41.2. The molecule has 1 heterocycles. The second kappa shape index (κ2) is 9.08. The van der Waals surface area contributed by atoms with Gasteiger partial charge in [-0.1, -0.05) is 24.6 Å². The molecular formula is C18H25F3N2O2. The van der Waals surface area contributed by atoms with Crippen LogP contribution in [0.4, 0.5) is 13.2 Å². The molecule has 140 valence electrons.